The molecular formula is C21H24NNaO4. The number of hydrogen-bond acceptors (Lipinski definition) is 4. The molecule has 0 unspecified atom stereocenters. The third kappa shape index (κ3) is 6.09. The molecule has 0 aliphatic heterocycles. The van der Waals surface area contributed by atoms with Gasteiger partial charge in [-0.1, -0.05) is 50.1 Å². The number of carboxylic acid groups (broad SMARTS) is 1. The molecule has 138 valence electrons. The van der Waals surface area contributed by atoms with Gasteiger partial charge in [0.05, 0.1) is 5.56 Å². The summed E-state index contributed by atoms with van der Waals surface area (Å²) in [6.45, 7) is 3.00. The van der Waals surface area contributed by atoms with Crippen molar-refractivity contribution >= 4 is 17.4 Å². The van der Waals surface area contributed by atoms with Gasteiger partial charge >= 0.3 is 35.5 Å². The second-order valence-corrected chi connectivity index (χ2v) is 6.34. The molecule has 6 heteroatoms. The van der Waals surface area contributed by atoms with Crippen molar-refractivity contribution in [1.82, 2.24) is 0 Å². The predicted octanol–water partition coefficient (Wildman–Crippen LogP) is 0.710. The van der Waals surface area contributed by atoms with Crippen molar-refractivity contribution in [1.29, 1.82) is 0 Å². The Hall–Kier alpha value is -1.82. The molecule has 5 nitrogen and oxygen atoms in total. The first-order valence-electron chi connectivity index (χ1n) is 8.85. The van der Waals surface area contributed by atoms with Crippen LogP contribution in [0, 0.1) is 0 Å². The van der Waals surface area contributed by atoms with Crippen LogP contribution in [0.1, 0.15) is 58.9 Å². The van der Waals surface area contributed by atoms with E-state index in [2.05, 4.69) is 6.92 Å². The summed E-state index contributed by atoms with van der Waals surface area (Å²) in [5.41, 5.74) is 0.670. The van der Waals surface area contributed by atoms with Crippen molar-refractivity contribution in [3.63, 3.8) is 0 Å². The molecule has 0 atom stereocenters. The largest absolute Gasteiger partial charge is 1.00 e. The van der Waals surface area contributed by atoms with Crippen LogP contribution in [0.4, 0.5) is 5.69 Å². The standard InChI is InChI=1S/C21H25NO4.Na/c1-3-4-5-8-13-22(2)15-11-12-18(19(23)14-15)20(24)16-9-6-7-10-17(16)21(25)26;/h6-7,9-12,14,23H,3-5,8,13H2,1-2H3,(H,25,26);/q;+1/p-1. The van der Waals surface area contributed by atoms with Crippen molar-refractivity contribution < 1.29 is 49.4 Å². The maximum atomic E-state index is 12.6. The summed E-state index contributed by atoms with van der Waals surface area (Å²) in [7, 11) is 1.92. The number of carboxylic acids is 1. The predicted molar refractivity (Wildman–Crippen MR) is 100 cm³/mol. The van der Waals surface area contributed by atoms with Crippen molar-refractivity contribution in [2.24, 2.45) is 0 Å². The van der Waals surface area contributed by atoms with Crippen LogP contribution < -0.4 is 39.6 Å². The maximum absolute atomic E-state index is 12.6. The van der Waals surface area contributed by atoms with Crippen LogP contribution in [0.15, 0.2) is 42.5 Å². The first-order valence-corrected chi connectivity index (χ1v) is 8.85. The Kier molecular flexibility index (Phi) is 9.56. The number of ketones is 1. The number of benzene rings is 2. The molecule has 0 fully saturated rings. The number of anilines is 1. The van der Waals surface area contributed by atoms with Gasteiger partial charge in [0, 0.05) is 30.4 Å². The molecule has 0 aliphatic carbocycles. The number of nitrogens with zero attached hydrogens (tertiary/aromatic N) is 1. The van der Waals surface area contributed by atoms with E-state index in [9.17, 15) is 19.8 Å². The molecule has 2 aromatic rings. The van der Waals surface area contributed by atoms with Crippen LogP contribution in [0.5, 0.6) is 5.75 Å². The molecule has 1 N–H and O–H groups in total. The third-order valence-electron chi connectivity index (χ3n) is 4.40. The van der Waals surface area contributed by atoms with E-state index in [0.717, 1.165) is 25.1 Å². The monoisotopic (exact) mass is 377 g/mol. The molecular weight excluding hydrogens is 353 g/mol. The fraction of sp³-hybridized carbons (Fsp3) is 0.333. The van der Waals surface area contributed by atoms with Crippen molar-refractivity contribution in [2.45, 2.75) is 32.6 Å². The number of carbonyl (C=O) groups is 2. The van der Waals surface area contributed by atoms with Gasteiger partial charge in [0.15, 0.2) is 5.78 Å². The van der Waals surface area contributed by atoms with Gasteiger partial charge < -0.3 is 15.1 Å². The zero-order valence-corrected chi connectivity index (χ0v) is 18.2. The van der Waals surface area contributed by atoms with Gasteiger partial charge in [-0.15, -0.1) is 0 Å². The third-order valence-corrected chi connectivity index (χ3v) is 4.40. The second kappa shape index (κ2) is 11.1. The van der Waals surface area contributed by atoms with Gasteiger partial charge in [-0.05, 0) is 30.7 Å². The van der Waals surface area contributed by atoms with Crippen molar-refractivity contribution in [2.75, 3.05) is 18.5 Å². The van der Waals surface area contributed by atoms with Crippen LogP contribution >= 0.6 is 0 Å². The van der Waals surface area contributed by atoms with Crippen LogP contribution in [-0.4, -0.2) is 30.5 Å². The molecule has 0 saturated heterocycles. The Balaban J connectivity index is 0.00000364. The molecule has 0 aromatic heterocycles. The minimum atomic E-state index is -1.19. The van der Waals surface area contributed by atoms with Gasteiger partial charge in [-0.25, -0.2) is 4.79 Å². The average Bonchev–Trinajstić information content (AvgIpc) is 2.64. The molecule has 0 bridgehead atoms. The van der Waals surface area contributed by atoms with Gasteiger partial charge in [0.25, 0.3) is 0 Å². The van der Waals surface area contributed by atoms with Crippen molar-refractivity contribution in [3.05, 3.63) is 59.2 Å². The van der Waals surface area contributed by atoms with Crippen LogP contribution in [-0.2, 0) is 0 Å². The molecule has 0 saturated carbocycles. The summed E-state index contributed by atoms with van der Waals surface area (Å²) in [5, 5.41) is 21.7. The number of unbranched alkanes of at least 4 members (excludes halogenated alkanes) is 3. The van der Waals surface area contributed by atoms with E-state index < -0.39 is 17.5 Å². The van der Waals surface area contributed by atoms with Gasteiger partial charge in [-0.3, -0.25) is 4.79 Å². The van der Waals surface area contributed by atoms with E-state index in [0.29, 0.717) is 0 Å². The maximum Gasteiger partial charge on any atom is 1.00 e. The van der Waals surface area contributed by atoms with Crippen LogP contribution in [0.2, 0.25) is 0 Å². The Morgan fingerprint density at radius 2 is 1.67 bits per heavy atom. The van der Waals surface area contributed by atoms with E-state index in [4.69, 9.17) is 0 Å². The summed E-state index contributed by atoms with van der Waals surface area (Å²) in [4.78, 5) is 25.9. The minimum absolute atomic E-state index is 0. The Morgan fingerprint density at radius 3 is 2.26 bits per heavy atom. The summed E-state index contributed by atoms with van der Waals surface area (Å²) in [6.07, 6.45) is 4.55. The van der Waals surface area contributed by atoms with E-state index in [-0.39, 0.29) is 46.2 Å². The summed E-state index contributed by atoms with van der Waals surface area (Å²) in [5.74, 6) is -2.15. The van der Waals surface area contributed by atoms with E-state index in [1.807, 2.05) is 11.9 Å². The molecule has 27 heavy (non-hydrogen) atoms. The van der Waals surface area contributed by atoms with Crippen molar-refractivity contribution in [3.8, 4) is 5.75 Å². The fourth-order valence-electron chi connectivity index (χ4n) is 2.85. The smallest absolute Gasteiger partial charge is 0.872 e. The molecule has 2 rings (SSSR count). The van der Waals surface area contributed by atoms with Crippen LogP contribution in [0.3, 0.4) is 0 Å². The Bertz CT molecular complexity index is 792. The first-order chi connectivity index (χ1) is 12.5. The zero-order chi connectivity index (χ0) is 19.1. The number of carbonyl (C=O) groups excluding carboxylic acids is 1. The van der Waals surface area contributed by atoms with Gasteiger partial charge in [0.1, 0.15) is 0 Å². The fourth-order valence-corrected chi connectivity index (χ4v) is 2.85. The van der Waals surface area contributed by atoms with E-state index in [1.54, 1.807) is 18.2 Å². The summed E-state index contributed by atoms with van der Waals surface area (Å²) < 4.78 is 0. The molecule has 0 heterocycles. The van der Waals surface area contributed by atoms with E-state index >= 15 is 0 Å². The van der Waals surface area contributed by atoms with Gasteiger partial charge in [0.2, 0.25) is 0 Å². The minimum Gasteiger partial charge on any atom is -0.872 e. The van der Waals surface area contributed by atoms with Gasteiger partial charge in [-0.2, -0.15) is 0 Å². The average molecular weight is 377 g/mol. The Morgan fingerprint density at radius 1 is 1.00 bits per heavy atom. The topological polar surface area (TPSA) is 80.7 Å². The number of aromatic carboxylic acids is 1. The Labute approximate surface area is 182 Å². The number of hydrogen-bond donors (Lipinski definition) is 1. The molecule has 0 amide bonds. The zero-order valence-electron chi connectivity index (χ0n) is 16.2. The summed E-state index contributed by atoms with van der Waals surface area (Å²) >= 11 is 0. The number of rotatable bonds is 9. The molecule has 0 radical (unpaired) electrons. The van der Waals surface area contributed by atoms with E-state index in [1.165, 1.54) is 37.1 Å². The summed E-state index contributed by atoms with van der Waals surface area (Å²) in [6, 6.07) is 10.6. The quantitative estimate of drug-likeness (QED) is 0.396. The second-order valence-electron chi connectivity index (χ2n) is 6.34. The SMILES string of the molecule is CCCCCCN(C)c1ccc(C(=O)c2ccccc2C(=O)O)c([O-])c1.[Na+]. The van der Waals surface area contributed by atoms with Crippen LogP contribution in [0.25, 0.3) is 0 Å². The normalized spacial score (nSPS) is 10.1. The molecule has 0 spiro atoms. The first kappa shape index (κ1) is 23.2. The molecule has 2 aromatic carbocycles. The molecule has 0 aliphatic rings.